The lowest BCUT2D eigenvalue weighted by molar-refractivity contribution is -0.140. The molecule has 1 saturated heterocycles. The summed E-state index contributed by atoms with van der Waals surface area (Å²) in [5, 5.41) is 18.2. The number of pyridine rings is 1. The Bertz CT molecular complexity index is 560. The number of nitrogens with zero attached hydrogens (tertiary/aromatic N) is 3. The highest BCUT2D eigenvalue weighted by atomic mass is 16.4. The molecule has 5 nitrogen and oxygen atoms in total. The number of hydrogen-bond donors (Lipinski definition) is 1. The van der Waals surface area contributed by atoms with Crippen molar-refractivity contribution in [2.45, 2.75) is 24.7 Å². The SMILES string of the molecule is N#CC1(c2cccc(N3CCC(C(=O)O)C3)n2)CC1. The van der Waals surface area contributed by atoms with Crippen LogP contribution in [-0.2, 0) is 10.2 Å². The quantitative estimate of drug-likeness (QED) is 0.888. The Morgan fingerprint density at radius 2 is 2.32 bits per heavy atom. The lowest BCUT2D eigenvalue weighted by Gasteiger charge is -2.18. The number of carbonyl (C=O) groups is 1. The highest BCUT2D eigenvalue weighted by Crippen LogP contribution is 2.47. The topological polar surface area (TPSA) is 77.2 Å². The standard InChI is InChI=1S/C14H15N3O2/c15-9-14(5-6-14)11-2-1-3-12(16-11)17-7-4-10(8-17)13(18)19/h1-3,10H,4-8H2,(H,18,19). The minimum absolute atomic E-state index is 0.309. The van der Waals surface area contributed by atoms with Gasteiger partial charge in [0.25, 0.3) is 0 Å². The number of rotatable bonds is 3. The molecule has 1 unspecified atom stereocenters. The maximum Gasteiger partial charge on any atom is 0.308 e. The minimum Gasteiger partial charge on any atom is -0.481 e. The zero-order chi connectivity index (χ0) is 13.5. The molecule has 2 aliphatic rings. The van der Waals surface area contributed by atoms with Crippen LogP contribution in [0.3, 0.4) is 0 Å². The summed E-state index contributed by atoms with van der Waals surface area (Å²) in [6.45, 7) is 1.22. The molecule has 0 spiro atoms. The smallest absolute Gasteiger partial charge is 0.308 e. The molecule has 2 fully saturated rings. The molecule has 1 N–H and O–H groups in total. The van der Waals surface area contributed by atoms with E-state index in [9.17, 15) is 10.1 Å². The van der Waals surface area contributed by atoms with Gasteiger partial charge in [-0.1, -0.05) is 6.07 Å². The van der Waals surface area contributed by atoms with Crippen molar-refractivity contribution in [3.63, 3.8) is 0 Å². The van der Waals surface area contributed by atoms with Gasteiger partial charge in [0.15, 0.2) is 0 Å². The van der Waals surface area contributed by atoms with Crippen LogP contribution in [0.4, 0.5) is 5.82 Å². The number of nitriles is 1. The molecule has 0 radical (unpaired) electrons. The maximum atomic E-state index is 11.0. The number of anilines is 1. The molecule has 1 aromatic heterocycles. The molecule has 98 valence electrons. The molecule has 1 aliphatic carbocycles. The fourth-order valence-corrected chi connectivity index (χ4v) is 2.59. The zero-order valence-electron chi connectivity index (χ0n) is 10.5. The van der Waals surface area contributed by atoms with Gasteiger partial charge in [-0.2, -0.15) is 5.26 Å². The van der Waals surface area contributed by atoms with Gasteiger partial charge in [0.05, 0.1) is 23.1 Å². The average Bonchev–Trinajstić information content (AvgIpc) is 3.07. The van der Waals surface area contributed by atoms with E-state index in [1.165, 1.54) is 0 Å². The van der Waals surface area contributed by atoms with E-state index in [4.69, 9.17) is 5.11 Å². The summed E-state index contributed by atoms with van der Waals surface area (Å²) in [5.41, 5.74) is 0.438. The molecule has 1 atom stereocenters. The summed E-state index contributed by atoms with van der Waals surface area (Å²) in [6, 6.07) is 8.03. The van der Waals surface area contributed by atoms with Gasteiger partial charge in [-0.25, -0.2) is 4.98 Å². The van der Waals surface area contributed by atoms with Crippen LogP contribution in [0.2, 0.25) is 0 Å². The van der Waals surface area contributed by atoms with Gasteiger partial charge < -0.3 is 10.0 Å². The molecule has 3 rings (SSSR count). The van der Waals surface area contributed by atoms with Crippen molar-refractivity contribution in [3.8, 4) is 6.07 Å². The third kappa shape index (κ3) is 2.03. The minimum atomic E-state index is -0.741. The molecule has 1 aliphatic heterocycles. The Balaban J connectivity index is 1.82. The van der Waals surface area contributed by atoms with Gasteiger partial charge in [0.1, 0.15) is 5.82 Å². The van der Waals surface area contributed by atoms with Crippen LogP contribution in [-0.4, -0.2) is 29.1 Å². The van der Waals surface area contributed by atoms with Crippen molar-refractivity contribution in [1.82, 2.24) is 4.98 Å². The number of carboxylic acids is 1. The summed E-state index contributed by atoms with van der Waals surface area (Å²) in [7, 11) is 0. The van der Waals surface area contributed by atoms with E-state index < -0.39 is 5.97 Å². The first-order valence-electron chi connectivity index (χ1n) is 6.51. The first kappa shape index (κ1) is 12.0. The van der Waals surface area contributed by atoms with E-state index in [0.717, 1.165) is 24.4 Å². The van der Waals surface area contributed by atoms with E-state index in [1.54, 1.807) is 0 Å². The van der Waals surface area contributed by atoms with E-state index in [1.807, 2.05) is 23.1 Å². The Morgan fingerprint density at radius 3 is 2.89 bits per heavy atom. The largest absolute Gasteiger partial charge is 0.481 e. The van der Waals surface area contributed by atoms with Gasteiger partial charge in [-0.3, -0.25) is 4.79 Å². The number of hydrogen-bond acceptors (Lipinski definition) is 4. The first-order chi connectivity index (χ1) is 9.14. The molecule has 2 heterocycles. The predicted molar refractivity (Wildman–Crippen MR) is 68.7 cm³/mol. The molecule has 1 aromatic rings. The highest BCUT2D eigenvalue weighted by molar-refractivity contribution is 5.71. The van der Waals surface area contributed by atoms with E-state index in [0.29, 0.717) is 19.5 Å². The number of carboxylic acid groups (broad SMARTS) is 1. The number of aliphatic carboxylic acids is 1. The molecule has 1 saturated carbocycles. The second-order valence-electron chi connectivity index (χ2n) is 5.34. The second-order valence-corrected chi connectivity index (χ2v) is 5.34. The Morgan fingerprint density at radius 1 is 1.53 bits per heavy atom. The predicted octanol–water partition coefficient (Wildman–Crippen LogP) is 1.55. The van der Waals surface area contributed by atoms with Crippen molar-refractivity contribution in [2.75, 3.05) is 18.0 Å². The van der Waals surface area contributed by atoms with Gasteiger partial charge in [-0.05, 0) is 31.4 Å². The average molecular weight is 257 g/mol. The molecule has 0 amide bonds. The van der Waals surface area contributed by atoms with Crippen molar-refractivity contribution in [1.29, 1.82) is 5.26 Å². The monoisotopic (exact) mass is 257 g/mol. The van der Waals surface area contributed by atoms with Gasteiger partial charge >= 0.3 is 5.97 Å². The van der Waals surface area contributed by atoms with Crippen molar-refractivity contribution in [2.24, 2.45) is 5.92 Å². The summed E-state index contributed by atoms with van der Waals surface area (Å²) in [5.74, 6) is -0.256. The van der Waals surface area contributed by atoms with Crippen LogP contribution >= 0.6 is 0 Å². The summed E-state index contributed by atoms with van der Waals surface area (Å²) < 4.78 is 0. The third-order valence-electron chi connectivity index (χ3n) is 4.05. The maximum absolute atomic E-state index is 11.0. The van der Waals surface area contributed by atoms with Crippen LogP contribution in [0.15, 0.2) is 18.2 Å². The zero-order valence-corrected chi connectivity index (χ0v) is 10.5. The summed E-state index contributed by atoms with van der Waals surface area (Å²) in [6.07, 6.45) is 2.40. The Kier molecular flexibility index (Phi) is 2.67. The highest BCUT2D eigenvalue weighted by Gasteiger charge is 2.46. The molecule has 5 heteroatoms. The van der Waals surface area contributed by atoms with E-state index >= 15 is 0 Å². The molecule has 0 aromatic carbocycles. The van der Waals surface area contributed by atoms with Crippen LogP contribution in [0.5, 0.6) is 0 Å². The molecule has 19 heavy (non-hydrogen) atoms. The Labute approximate surface area is 111 Å². The normalized spacial score (nSPS) is 23.9. The second kappa shape index (κ2) is 4.23. The van der Waals surface area contributed by atoms with E-state index in [2.05, 4.69) is 11.1 Å². The first-order valence-corrected chi connectivity index (χ1v) is 6.51. The lowest BCUT2D eigenvalue weighted by atomic mass is 10.0. The van der Waals surface area contributed by atoms with Crippen molar-refractivity contribution in [3.05, 3.63) is 23.9 Å². The fourth-order valence-electron chi connectivity index (χ4n) is 2.59. The van der Waals surface area contributed by atoms with Crippen LogP contribution in [0.25, 0.3) is 0 Å². The van der Waals surface area contributed by atoms with Gasteiger partial charge in [0, 0.05) is 13.1 Å². The molecule has 0 bridgehead atoms. The molecular weight excluding hydrogens is 242 g/mol. The van der Waals surface area contributed by atoms with Crippen LogP contribution in [0, 0.1) is 17.2 Å². The molecular formula is C14H15N3O2. The third-order valence-corrected chi connectivity index (χ3v) is 4.05. The van der Waals surface area contributed by atoms with Crippen molar-refractivity contribution < 1.29 is 9.90 Å². The van der Waals surface area contributed by atoms with Crippen LogP contribution < -0.4 is 4.90 Å². The van der Waals surface area contributed by atoms with Gasteiger partial charge in [0.2, 0.25) is 0 Å². The van der Waals surface area contributed by atoms with E-state index in [-0.39, 0.29) is 11.3 Å². The summed E-state index contributed by atoms with van der Waals surface area (Å²) >= 11 is 0. The lowest BCUT2D eigenvalue weighted by Crippen LogP contribution is -2.24. The Hall–Kier alpha value is -2.09. The fraction of sp³-hybridized carbons (Fsp3) is 0.500. The van der Waals surface area contributed by atoms with Crippen molar-refractivity contribution >= 4 is 11.8 Å². The van der Waals surface area contributed by atoms with Gasteiger partial charge in [-0.15, -0.1) is 0 Å². The number of aromatic nitrogens is 1. The summed E-state index contributed by atoms with van der Waals surface area (Å²) in [4.78, 5) is 17.5. The van der Waals surface area contributed by atoms with Crippen LogP contribution in [0.1, 0.15) is 25.0 Å².